The minimum atomic E-state index is -1.44. The molecule has 0 atom stereocenters. The monoisotopic (exact) mass is 339 g/mol. The number of rotatable bonds is 4. The smallest absolute Gasteiger partial charge is 0.543 e. The third-order valence-electron chi connectivity index (χ3n) is 2.07. The predicted octanol–water partition coefficient (Wildman–Crippen LogP) is -1.83. The van der Waals surface area contributed by atoms with E-state index in [1.807, 2.05) is 0 Å². The van der Waals surface area contributed by atoms with Crippen molar-refractivity contribution in [3.8, 4) is 11.8 Å². The average Bonchev–Trinajstić information content (AvgIpc) is 2.39. The zero-order valence-electron chi connectivity index (χ0n) is 10.2. The number of carbonyl (C=O) groups is 2. The van der Waals surface area contributed by atoms with E-state index in [1.165, 1.54) is 36.4 Å². The third kappa shape index (κ3) is 4.84. The van der Waals surface area contributed by atoms with Crippen LogP contribution < -0.4 is 14.9 Å². The summed E-state index contributed by atoms with van der Waals surface area (Å²) in [5, 5.41) is 21.2. The van der Waals surface area contributed by atoms with Crippen molar-refractivity contribution in [1.82, 2.24) is 9.97 Å². The molecule has 8 nitrogen and oxygen atoms in total. The van der Waals surface area contributed by atoms with E-state index in [4.69, 9.17) is 4.74 Å². The van der Waals surface area contributed by atoms with Crippen LogP contribution in [0, 0.1) is 0 Å². The van der Waals surface area contributed by atoms with Gasteiger partial charge in [-0.3, -0.25) is 0 Å². The van der Waals surface area contributed by atoms with E-state index in [0.717, 1.165) is 0 Å². The van der Waals surface area contributed by atoms with Crippen molar-refractivity contribution in [2.45, 2.75) is 0 Å². The molecule has 2 N–H and O–H groups in total. The van der Waals surface area contributed by atoms with Crippen molar-refractivity contribution in [3.63, 3.8) is 0 Å². The molecule has 2 aromatic rings. The molecular weight excluding hydrogens is 332 g/mol. The zero-order chi connectivity index (χ0) is 13.8. The summed E-state index contributed by atoms with van der Waals surface area (Å²) < 4.78 is 5.16. The van der Waals surface area contributed by atoms with Gasteiger partial charge in [0.15, 0.2) is 0 Å². The molecule has 2 rings (SSSR count). The van der Waals surface area contributed by atoms with Crippen LogP contribution in [-0.4, -0.2) is 27.4 Å². The number of carboxylic acids is 2. The van der Waals surface area contributed by atoms with Crippen LogP contribution in [0.3, 0.4) is 0 Å². The molecule has 0 bridgehead atoms. The fraction of sp³-hybridized carbons (Fsp3) is 0. The van der Waals surface area contributed by atoms with Crippen molar-refractivity contribution in [3.05, 3.63) is 47.8 Å². The SMILES string of the molecule is O.O=C([O-])c1cccc(Oc2cccc(C(=O)[O-])n2)n1.[Cu+2]. The van der Waals surface area contributed by atoms with Gasteiger partial charge in [0.25, 0.3) is 0 Å². The zero-order valence-corrected chi connectivity index (χ0v) is 11.1. The number of hydrogen-bond donors (Lipinski definition) is 0. The number of ether oxygens (including phenoxy) is 1. The molecule has 0 unspecified atom stereocenters. The largest absolute Gasteiger partial charge is 2.00 e. The van der Waals surface area contributed by atoms with E-state index in [-0.39, 0.29) is 45.7 Å². The molecule has 0 spiro atoms. The second kappa shape index (κ2) is 7.95. The quantitative estimate of drug-likeness (QED) is 0.595. The van der Waals surface area contributed by atoms with Crippen LogP contribution in [0.25, 0.3) is 0 Å². The van der Waals surface area contributed by atoms with E-state index >= 15 is 0 Å². The maximum atomic E-state index is 10.6. The molecule has 0 aliphatic carbocycles. The molecule has 0 aliphatic heterocycles. The second-order valence-corrected chi connectivity index (χ2v) is 3.40. The molecule has 0 aliphatic rings. The Hall–Kier alpha value is -2.48. The van der Waals surface area contributed by atoms with Gasteiger partial charge in [-0.05, 0) is 12.1 Å². The Morgan fingerprint density at radius 3 is 1.57 bits per heavy atom. The summed E-state index contributed by atoms with van der Waals surface area (Å²) in [6.45, 7) is 0. The third-order valence-corrected chi connectivity index (χ3v) is 2.07. The molecule has 0 saturated heterocycles. The summed E-state index contributed by atoms with van der Waals surface area (Å²) in [4.78, 5) is 28.5. The standard InChI is InChI=1S/C12H8N2O5.Cu.H2O/c15-11(16)7-3-1-5-9(13-7)19-10-6-2-4-8(14-10)12(17)18;;/h1-6H,(H,15,16)(H,17,18);;1H2/q;+2;/p-2. The van der Waals surface area contributed by atoms with Gasteiger partial charge in [0, 0.05) is 12.1 Å². The Labute approximate surface area is 129 Å². The van der Waals surface area contributed by atoms with Gasteiger partial charge >= 0.3 is 17.1 Å². The number of carboxylic acid groups (broad SMARTS) is 2. The van der Waals surface area contributed by atoms with Gasteiger partial charge < -0.3 is 30.0 Å². The first-order chi connectivity index (χ1) is 9.06. The minimum absolute atomic E-state index is 0. The fourth-order valence-electron chi connectivity index (χ4n) is 1.28. The van der Waals surface area contributed by atoms with Crippen LogP contribution in [-0.2, 0) is 17.1 Å². The predicted molar refractivity (Wildman–Crippen MR) is 60.8 cm³/mol. The summed E-state index contributed by atoms with van der Waals surface area (Å²) in [5.74, 6) is -2.96. The molecule has 2 heterocycles. The van der Waals surface area contributed by atoms with Gasteiger partial charge in [-0.1, -0.05) is 12.1 Å². The average molecular weight is 340 g/mol. The first-order valence-electron chi connectivity index (χ1n) is 5.11. The van der Waals surface area contributed by atoms with Crippen LogP contribution in [0.2, 0.25) is 0 Å². The summed E-state index contributed by atoms with van der Waals surface area (Å²) in [6, 6.07) is 8.12. The number of hydrogen-bond acceptors (Lipinski definition) is 7. The van der Waals surface area contributed by atoms with Gasteiger partial charge in [-0.15, -0.1) is 0 Å². The van der Waals surface area contributed by atoms with Crippen molar-refractivity contribution < 1.29 is 47.1 Å². The molecular formula is C12H8CuN2O6. The van der Waals surface area contributed by atoms with Crippen LogP contribution >= 0.6 is 0 Å². The van der Waals surface area contributed by atoms with Gasteiger partial charge in [-0.25, -0.2) is 9.97 Å². The van der Waals surface area contributed by atoms with E-state index in [0.29, 0.717) is 0 Å². The molecule has 1 radical (unpaired) electrons. The number of pyridine rings is 2. The summed E-state index contributed by atoms with van der Waals surface area (Å²) in [5.41, 5.74) is -0.595. The summed E-state index contributed by atoms with van der Waals surface area (Å²) in [7, 11) is 0. The molecule has 0 fully saturated rings. The number of aromatic carboxylic acids is 2. The molecule has 2 aromatic heterocycles. The van der Waals surface area contributed by atoms with E-state index < -0.39 is 11.9 Å². The topological polar surface area (TPSA) is 147 Å². The minimum Gasteiger partial charge on any atom is -0.543 e. The van der Waals surface area contributed by atoms with E-state index in [1.54, 1.807) is 0 Å². The Bertz CT molecular complexity index is 594. The molecule has 21 heavy (non-hydrogen) atoms. The van der Waals surface area contributed by atoms with Crippen molar-refractivity contribution in [2.75, 3.05) is 0 Å². The first kappa shape index (κ1) is 18.5. The van der Waals surface area contributed by atoms with Crippen molar-refractivity contribution >= 4 is 11.9 Å². The molecule has 9 heteroatoms. The second-order valence-electron chi connectivity index (χ2n) is 3.40. The Kier molecular flexibility index (Phi) is 7.01. The summed E-state index contributed by atoms with van der Waals surface area (Å²) in [6.07, 6.45) is 0. The van der Waals surface area contributed by atoms with Crippen LogP contribution in [0.1, 0.15) is 21.0 Å². The maximum Gasteiger partial charge on any atom is 2.00 e. The summed E-state index contributed by atoms with van der Waals surface area (Å²) >= 11 is 0. The number of nitrogens with zero attached hydrogens (tertiary/aromatic N) is 2. The fourth-order valence-corrected chi connectivity index (χ4v) is 1.28. The van der Waals surface area contributed by atoms with Crippen LogP contribution in [0.4, 0.5) is 0 Å². The molecule has 0 saturated carbocycles. The van der Waals surface area contributed by atoms with Crippen molar-refractivity contribution in [2.24, 2.45) is 0 Å². The number of aromatic nitrogens is 2. The van der Waals surface area contributed by atoms with Crippen LogP contribution in [0.15, 0.2) is 36.4 Å². The normalized spacial score (nSPS) is 8.95. The van der Waals surface area contributed by atoms with Gasteiger partial charge in [-0.2, -0.15) is 0 Å². The molecule has 0 amide bonds. The van der Waals surface area contributed by atoms with E-state index in [2.05, 4.69) is 9.97 Å². The Balaban J connectivity index is 0.00000200. The Morgan fingerprint density at radius 2 is 1.24 bits per heavy atom. The van der Waals surface area contributed by atoms with Gasteiger partial charge in [0.2, 0.25) is 11.8 Å². The maximum absolute atomic E-state index is 10.6. The van der Waals surface area contributed by atoms with E-state index in [9.17, 15) is 19.8 Å². The van der Waals surface area contributed by atoms with Crippen molar-refractivity contribution in [1.29, 1.82) is 0 Å². The van der Waals surface area contributed by atoms with Crippen LogP contribution in [0.5, 0.6) is 11.8 Å². The van der Waals surface area contributed by atoms with Gasteiger partial charge in [0.05, 0.1) is 23.3 Å². The van der Waals surface area contributed by atoms with Gasteiger partial charge in [0.1, 0.15) is 0 Å². The molecule has 0 aromatic carbocycles. The Morgan fingerprint density at radius 1 is 0.857 bits per heavy atom. The first-order valence-corrected chi connectivity index (χ1v) is 5.11. The molecule has 113 valence electrons. The number of carbonyl (C=O) groups excluding carboxylic acids is 2.